The third-order valence-electron chi connectivity index (χ3n) is 3.94. The van der Waals surface area contributed by atoms with Crippen molar-refractivity contribution in [2.24, 2.45) is 0 Å². The van der Waals surface area contributed by atoms with Crippen LogP contribution < -0.4 is 0 Å². The molecule has 2 aromatic rings. The summed E-state index contributed by atoms with van der Waals surface area (Å²) < 4.78 is 4.65. The van der Waals surface area contributed by atoms with Gasteiger partial charge in [0.1, 0.15) is 5.69 Å². The lowest BCUT2D eigenvalue weighted by Gasteiger charge is -2.33. The second-order valence-corrected chi connectivity index (χ2v) is 6.15. The fourth-order valence-corrected chi connectivity index (χ4v) is 3.70. The molecule has 0 saturated heterocycles. The second kappa shape index (κ2) is 5.88. The zero-order valence-electron chi connectivity index (χ0n) is 12.4. The van der Waals surface area contributed by atoms with Crippen LogP contribution in [0.25, 0.3) is 0 Å². The monoisotopic (exact) mass is 316 g/mol. The van der Waals surface area contributed by atoms with Crippen LogP contribution in [-0.4, -0.2) is 35.4 Å². The summed E-state index contributed by atoms with van der Waals surface area (Å²) in [7, 11) is 1.29. The van der Waals surface area contributed by atoms with Gasteiger partial charge in [0, 0.05) is 23.2 Å². The van der Waals surface area contributed by atoms with E-state index in [2.05, 4.69) is 21.2 Å². The average molecular weight is 316 g/mol. The smallest absolute Gasteiger partial charge is 0.356 e. The lowest BCUT2D eigenvalue weighted by Crippen LogP contribution is -2.38. The predicted molar refractivity (Wildman–Crippen MR) is 83.1 cm³/mol. The fraction of sp³-hybridized carbons (Fsp3) is 0.312. The van der Waals surface area contributed by atoms with Gasteiger partial charge in [-0.25, -0.2) is 9.78 Å². The van der Waals surface area contributed by atoms with Gasteiger partial charge in [0.15, 0.2) is 0 Å². The minimum atomic E-state index is -0.540. The highest BCUT2D eigenvalue weighted by atomic mass is 32.1. The van der Waals surface area contributed by atoms with Crippen molar-refractivity contribution in [3.63, 3.8) is 0 Å². The van der Waals surface area contributed by atoms with E-state index in [4.69, 9.17) is 0 Å². The fourth-order valence-electron chi connectivity index (χ4n) is 2.73. The molecule has 0 saturated carbocycles. The number of pyridine rings is 1. The van der Waals surface area contributed by atoms with E-state index in [1.54, 1.807) is 17.4 Å². The number of nitrogens with zero attached hydrogens (tertiary/aromatic N) is 2. The van der Waals surface area contributed by atoms with Gasteiger partial charge < -0.3 is 9.64 Å². The third-order valence-corrected chi connectivity index (χ3v) is 4.94. The zero-order valence-corrected chi connectivity index (χ0v) is 13.2. The summed E-state index contributed by atoms with van der Waals surface area (Å²) in [5.41, 5.74) is 1.82. The van der Waals surface area contributed by atoms with Crippen LogP contribution in [0.1, 0.15) is 44.3 Å². The van der Waals surface area contributed by atoms with E-state index in [9.17, 15) is 9.59 Å². The van der Waals surface area contributed by atoms with Crippen molar-refractivity contribution in [1.82, 2.24) is 9.88 Å². The summed E-state index contributed by atoms with van der Waals surface area (Å²) in [6.07, 6.45) is 2.34. The van der Waals surface area contributed by atoms with Gasteiger partial charge in [0.2, 0.25) is 0 Å². The maximum Gasteiger partial charge on any atom is 0.356 e. The second-order valence-electron chi connectivity index (χ2n) is 5.14. The minimum absolute atomic E-state index is 0.0391. The molecule has 3 heterocycles. The van der Waals surface area contributed by atoms with E-state index in [0.717, 1.165) is 6.42 Å². The first kappa shape index (κ1) is 14.7. The van der Waals surface area contributed by atoms with Crippen molar-refractivity contribution >= 4 is 23.2 Å². The maximum absolute atomic E-state index is 12.8. The Kier molecular flexibility index (Phi) is 3.94. The predicted octanol–water partition coefficient (Wildman–Crippen LogP) is 2.69. The summed E-state index contributed by atoms with van der Waals surface area (Å²) in [5, 5.41) is 2.07. The minimum Gasteiger partial charge on any atom is -0.464 e. The van der Waals surface area contributed by atoms with Crippen molar-refractivity contribution < 1.29 is 14.3 Å². The number of hydrogen-bond donors (Lipinski definition) is 0. The molecule has 1 amide bonds. The number of methoxy groups -OCH3 is 1. The number of carbonyl (C=O) groups is 2. The van der Waals surface area contributed by atoms with Gasteiger partial charge in [-0.05, 0) is 42.5 Å². The van der Waals surface area contributed by atoms with Crippen molar-refractivity contribution in [2.75, 3.05) is 13.7 Å². The van der Waals surface area contributed by atoms with Gasteiger partial charge in [-0.1, -0.05) is 0 Å². The van der Waals surface area contributed by atoms with Gasteiger partial charge in [-0.15, -0.1) is 11.3 Å². The number of carbonyl (C=O) groups excluding carboxylic acids is 2. The molecule has 1 aliphatic heterocycles. The Hall–Kier alpha value is -2.21. The van der Waals surface area contributed by atoms with Gasteiger partial charge in [0.05, 0.1) is 13.2 Å². The molecule has 6 heteroatoms. The highest BCUT2D eigenvalue weighted by molar-refractivity contribution is 7.10. The molecule has 5 nitrogen and oxygen atoms in total. The largest absolute Gasteiger partial charge is 0.464 e. The van der Waals surface area contributed by atoms with Gasteiger partial charge in [0.25, 0.3) is 5.91 Å². The van der Waals surface area contributed by atoms with Crippen LogP contribution in [0.2, 0.25) is 0 Å². The molecular weight excluding hydrogens is 300 g/mol. The van der Waals surface area contributed by atoms with E-state index in [0.29, 0.717) is 12.1 Å². The van der Waals surface area contributed by atoms with Crippen molar-refractivity contribution in [3.8, 4) is 0 Å². The number of thiophene rings is 1. The van der Waals surface area contributed by atoms with Crippen LogP contribution in [0.15, 0.2) is 29.8 Å². The van der Waals surface area contributed by atoms with Gasteiger partial charge in [-0.2, -0.15) is 0 Å². The number of aromatic nitrogens is 1. The summed E-state index contributed by atoms with van der Waals surface area (Å²) in [6, 6.07) is 5.24. The Bertz CT molecular complexity index is 726. The Morgan fingerprint density at radius 2 is 2.23 bits per heavy atom. The van der Waals surface area contributed by atoms with E-state index < -0.39 is 5.97 Å². The first-order valence-electron chi connectivity index (χ1n) is 7.03. The number of hydrogen-bond acceptors (Lipinski definition) is 5. The molecule has 0 aromatic carbocycles. The van der Waals surface area contributed by atoms with Crippen molar-refractivity contribution in [1.29, 1.82) is 0 Å². The first-order chi connectivity index (χ1) is 10.6. The molecule has 2 aromatic heterocycles. The van der Waals surface area contributed by atoms with Crippen molar-refractivity contribution in [2.45, 2.75) is 19.4 Å². The standard InChI is InChI=1S/C16H16N2O3S/c1-10-12-5-8-22-14(12)4-7-18(10)15(19)11-3-6-17-13(9-11)16(20)21-2/h3,5-6,8-10H,4,7H2,1-2H3/t10-/m1/s1. The Morgan fingerprint density at radius 3 is 3.00 bits per heavy atom. The van der Waals surface area contributed by atoms with Crippen LogP contribution >= 0.6 is 11.3 Å². The molecule has 0 radical (unpaired) electrons. The number of ether oxygens (including phenoxy) is 1. The third kappa shape index (κ3) is 2.50. The first-order valence-corrected chi connectivity index (χ1v) is 7.91. The number of esters is 1. The van der Waals surface area contributed by atoms with Crippen LogP contribution in [0.4, 0.5) is 0 Å². The quantitative estimate of drug-likeness (QED) is 0.799. The lowest BCUT2D eigenvalue weighted by atomic mass is 10.0. The van der Waals surface area contributed by atoms with Crippen LogP contribution in [0, 0.1) is 0 Å². The van der Waals surface area contributed by atoms with Crippen LogP contribution in [0.5, 0.6) is 0 Å². The van der Waals surface area contributed by atoms with E-state index in [1.165, 1.54) is 29.8 Å². The molecule has 0 unspecified atom stereocenters. The van der Waals surface area contributed by atoms with Crippen LogP contribution in [0.3, 0.4) is 0 Å². The highest BCUT2D eigenvalue weighted by Gasteiger charge is 2.29. The number of rotatable bonds is 2. The molecular formula is C16H16N2O3S. The van der Waals surface area contributed by atoms with Gasteiger partial charge >= 0.3 is 5.97 Å². The Morgan fingerprint density at radius 1 is 1.41 bits per heavy atom. The van der Waals surface area contributed by atoms with E-state index in [-0.39, 0.29) is 17.6 Å². The summed E-state index contributed by atoms with van der Waals surface area (Å²) in [6.45, 7) is 2.72. The molecule has 0 bridgehead atoms. The van der Waals surface area contributed by atoms with Gasteiger partial charge in [-0.3, -0.25) is 4.79 Å². The lowest BCUT2D eigenvalue weighted by molar-refractivity contribution is 0.0594. The zero-order chi connectivity index (χ0) is 15.7. The molecule has 1 atom stereocenters. The maximum atomic E-state index is 12.8. The number of amides is 1. The van der Waals surface area contributed by atoms with Crippen LogP contribution in [-0.2, 0) is 11.2 Å². The Labute approximate surface area is 132 Å². The highest BCUT2D eigenvalue weighted by Crippen LogP contribution is 2.33. The summed E-state index contributed by atoms with van der Waals surface area (Å²) in [5.74, 6) is -0.627. The summed E-state index contributed by atoms with van der Waals surface area (Å²) in [4.78, 5) is 31.4. The number of fused-ring (bicyclic) bond motifs is 1. The summed E-state index contributed by atoms with van der Waals surface area (Å²) >= 11 is 1.74. The normalized spacial score (nSPS) is 17.0. The topological polar surface area (TPSA) is 59.5 Å². The molecule has 0 aliphatic carbocycles. The molecule has 114 valence electrons. The molecule has 0 fully saturated rings. The molecule has 0 spiro atoms. The molecule has 3 rings (SSSR count). The average Bonchev–Trinajstić information content (AvgIpc) is 3.03. The van der Waals surface area contributed by atoms with Crippen molar-refractivity contribution in [3.05, 3.63) is 51.5 Å². The molecule has 22 heavy (non-hydrogen) atoms. The van der Waals surface area contributed by atoms with E-state index in [1.807, 2.05) is 11.8 Å². The van der Waals surface area contributed by atoms with E-state index >= 15 is 0 Å². The SMILES string of the molecule is COC(=O)c1cc(C(=O)N2CCc3sccc3[C@H]2C)ccn1. The molecule has 0 N–H and O–H groups in total. The Balaban J connectivity index is 1.87. The molecule has 1 aliphatic rings.